The van der Waals surface area contributed by atoms with Crippen LogP contribution in [-0.2, 0) is 21.1 Å². The Labute approximate surface area is 190 Å². The summed E-state index contributed by atoms with van der Waals surface area (Å²) in [6.45, 7) is 0. The van der Waals surface area contributed by atoms with Crippen LogP contribution in [0.1, 0.15) is 17.4 Å². The second-order valence-corrected chi connectivity index (χ2v) is 9.63. The van der Waals surface area contributed by atoms with Crippen LogP contribution in [0.25, 0.3) is 22.6 Å². The molecule has 1 atom stereocenters. The van der Waals surface area contributed by atoms with Gasteiger partial charge in [-0.1, -0.05) is 30.3 Å². The van der Waals surface area contributed by atoms with Gasteiger partial charge in [-0.05, 0) is 60.5 Å². The predicted octanol–water partition coefficient (Wildman–Crippen LogP) is 4.96. The van der Waals surface area contributed by atoms with Crippen molar-refractivity contribution in [2.24, 2.45) is 0 Å². The highest BCUT2D eigenvalue weighted by Gasteiger charge is 2.29. The van der Waals surface area contributed by atoms with Crippen LogP contribution in [0.5, 0.6) is 0 Å². The van der Waals surface area contributed by atoms with E-state index in [4.69, 9.17) is 4.42 Å². The molecule has 1 heterocycles. The Morgan fingerprint density at radius 1 is 0.970 bits per heavy atom. The third kappa shape index (κ3) is 5.01. The zero-order valence-corrected chi connectivity index (χ0v) is 18.4. The fourth-order valence-corrected chi connectivity index (χ4v) is 4.10. The van der Waals surface area contributed by atoms with Crippen molar-refractivity contribution in [3.8, 4) is 22.6 Å². The second-order valence-electron chi connectivity index (χ2n) is 7.61. The van der Waals surface area contributed by atoms with Crippen molar-refractivity contribution < 1.29 is 27.1 Å². The van der Waals surface area contributed by atoms with Gasteiger partial charge in [0, 0.05) is 17.4 Å². The minimum atomic E-state index is -3.39. The monoisotopic (exact) mass is 465 g/mol. The molecule has 0 saturated heterocycles. The third-order valence-electron chi connectivity index (χ3n) is 5.18. The minimum absolute atomic E-state index is 0.00728. The third-order valence-corrected chi connectivity index (χ3v) is 6.31. The highest BCUT2D eigenvalue weighted by molar-refractivity contribution is 7.90. The van der Waals surface area contributed by atoms with E-state index in [1.54, 1.807) is 12.1 Å². The number of hydrogen-bond acceptors (Lipinski definition) is 5. The summed E-state index contributed by atoms with van der Waals surface area (Å²) in [5.74, 6) is -2.28. The lowest BCUT2D eigenvalue weighted by atomic mass is 9.99. The fourth-order valence-electron chi connectivity index (χ4n) is 3.47. The van der Waals surface area contributed by atoms with Crippen molar-refractivity contribution >= 4 is 15.8 Å². The van der Waals surface area contributed by atoms with Crippen molar-refractivity contribution in [1.29, 1.82) is 0 Å². The number of sulfone groups is 1. The first-order chi connectivity index (χ1) is 15.7. The maximum atomic E-state index is 13.5. The molecule has 6 nitrogen and oxygen atoms in total. The van der Waals surface area contributed by atoms with Gasteiger partial charge >= 0.3 is 5.97 Å². The molecule has 1 aromatic heterocycles. The molecule has 1 N–H and O–H groups in total. The number of halogens is 1. The van der Waals surface area contributed by atoms with Gasteiger partial charge in [-0.15, -0.1) is 0 Å². The predicted molar refractivity (Wildman–Crippen MR) is 121 cm³/mol. The van der Waals surface area contributed by atoms with Crippen molar-refractivity contribution in [2.75, 3.05) is 6.26 Å². The molecule has 8 heteroatoms. The smallest absolute Gasteiger partial charge is 0.316 e. The van der Waals surface area contributed by atoms with Gasteiger partial charge in [0.25, 0.3) is 0 Å². The van der Waals surface area contributed by atoms with E-state index in [0.717, 1.165) is 11.8 Å². The lowest BCUT2D eigenvalue weighted by molar-refractivity contribution is -0.139. The molecule has 0 fully saturated rings. The molecule has 0 aliphatic heterocycles. The van der Waals surface area contributed by atoms with Crippen LogP contribution in [0.4, 0.5) is 4.39 Å². The Morgan fingerprint density at radius 3 is 2.15 bits per heavy atom. The summed E-state index contributed by atoms with van der Waals surface area (Å²) >= 11 is 0. The molecular weight excluding hydrogens is 445 g/mol. The number of oxazole rings is 1. The molecule has 168 valence electrons. The number of carboxylic acid groups (broad SMARTS) is 1. The number of carboxylic acids is 1. The zero-order chi connectivity index (χ0) is 23.6. The largest absolute Gasteiger partial charge is 0.481 e. The average Bonchev–Trinajstić information content (AvgIpc) is 3.23. The molecule has 33 heavy (non-hydrogen) atoms. The Kier molecular flexibility index (Phi) is 6.11. The molecule has 0 spiro atoms. The molecule has 0 bridgehead atoms. The summed E-state index contributed by atoms with van der Waals surface area (Å²) in [5.41, 5.74) is 2.21. The normalized spacial score (nSPS) is 12.4. The maximum absolute atomic E-state index is 13.5. The maximum Gasteiger partial charge on any atom is 0.316 e. The topological polar surface area (TPSA) is 97.5 Å². The van der Waals surface area contributed by atoms with Gasteiger partial charge < -0.3 is 9.52 Å². The number of rotatable bonds is 7. The molecule has 0 saturated carbocycles. The van der Waals surface area contributed by atoms with Crippen LogP contribution in [0.2, 0.25) is 0 Å². The molecular formula is C25H20FNO5S. The van der Waals surface area contributed by atoms with Crippen LogP contribution in [-0.4, -0.2) is 30.7 Å². The van der Waals surface area contributed by atoms with Gasteiger partial charge in [0.15, 0.2) is 15.6 Å². The van der Waals surface area contributed by atoms with Gasteiger partial charge in [0.2, 0.25) is 5.89 Å². The van der Waals surface area contributed by atoms with Crippen molar-refractivity contribution in [3.63, 3.8) is 0 Å². The molecule has 3 aromatic carbocycles. The molecule has 0 aliphatic carbocycles. The summed E-state index contributed by atoms with van der Waals surface area (Å²) < 4.78 is 43.1. The zero-order valence-electron chi connectivity index (χ0n) is 17.6. The summed E-state index contributed by atoms with van der Waals surface area (Å²) in [6.07, 6.45) is 1.28. The van der Waals surface area contributed by atoms with E-state index in [1.807, 2.05) is 30.3 Å². The summed E-state index contributed by atoms with van der Waals surface area (Å²) in [4.78, 5) is 16.7. The highest BCUT2D eigenvalue weighted by atomic mass is 32.2. The Balaban J connectivity index is 1.82. The summed E-state index contributed by atoms with van der Waals surface area (Å²) in [6, 6.07) is 20.8. The first-order valence-corrected chi connectivity index (χ1v) is 12.0. The van der Waals surface area contributed by atoms with E-state index in [0.29, 0.717) is 16.8 Å². The van der Waals surface area contributed by atoms with E-state index in [-0.39, 0.29) is 23.0 Å². The van der Waals surface area contributed by atoms with E-state index >= 15 is 0 Å². The van der Waals surface area contributed by atoms with Gasteiger partial charge in [-0.2, -0.15) is 0 Å². The summed E-state index contributed by atoms with van der Waals surface area (Å²) in [5, 5.41) is 9.88. The summed E-state index contributed by atoms with van der Waals surface area (Å²) in [7, 11) is -3.39. The van der Waals surface area contributed by atoms with Crippen molar-refractivity contribution in [1.82, 2.24) is 4.98 Å². The first kappa shape index (κ1) is 22.4. The molecule has 4 aromatic rings. The van der Waals surface area contributed by atoms with Crippen LogP contribution >= 0.6 is 0 Å². The van der Waals surface area contributed by atoms with Gasteiger partial charge in [0.05, 0.1) is 4.90 Å². The molecule has 4 rings (SSSR count). The van der Waals surface area contributed by atoms with Gasteiger partial charge in [0.1, 0.15) is 17.4 Å². The van der Waals surface area contributed by atoms with Crippen molar-refractivity contribution in [3.05, 3.63) is 96.1 Å². The molecule has 1 unspecified atom stereocenters. The lowest BCUT2D eigenvalue weighted by Crippen LogP contribution is -2.14. The van der Waals surface area contributed by atoms with Gasteiger partial charge in [-0.3, -0.25) is 4.79 Å². The Hall–Kier alpha value is -3.78. The lowest BCUT2D eigenvalue weighted by Gasteiger charge is -2.08. The van der Waals surface area contributed by atoms with Crippen LogP contribution in [0.15, 0.2) is 88.2 Å². The first-order valence-electron chi connectivity index (χ1n) is 10.1. The van der Waals surface area contributed by atoms with E-state index in [9.17, 15) is 22.7 Å². The number of aliphatic carboxylic acids is 1. The number of aromatic nitrogens is 1. The van der Waals surface area contributed by atoms with Crippen LogP contribution in [0, 0.1) is 5.82 Å². The number of nitrogens with zero attached hydrogens (tertiary/aromatic N) is 1. The van der Waals surface area contributed by atoms with Crippen LogP contribution in [0.3, 0.4) is 0 Å². The van der Waals surface area contributed by atoms with E-state index < -0.39 is 27.5 Å². The van der Waals surface area contributed by atoms with Crippen LogP contribution < -0.4 is 0 Å². The Morgan fingerprint density at radius 2 is 1.58 bits per heavy atom. The fraction of sp³-hybridized carbons (Fsp3) is 0.120. The van der Waals surface area contributed by atoms with E-state index in [2.05, 4.69) is 4.98 Å². The second kappa shape index (κ2) is 8.99. The number of benzene rings is 3. The van der Waals surface area contributed by atoms with Crippen molar-refractivity contribution in [2.45, 2.75) is 17.2 Å². The quantitative estimate of drug-likeness (QED) is 0.414. The highest BCUT2D eigenvalue weighted by Crippen LogP contribution is 2.36. The number of carbonyl (C=O) groups is 1. The standard InChI is InChI=1S/C25H20FNO5S/c1-33(30,31)20-13-9-18(10-14-20)23-22(17-7-11-19(26)12-8-17)27-24(32-23)21(25(28)29)15-16-5-3-2-4-6-16/h2-14,21H,15H2,1H3,(H,28,29). The SMILES string of the molecule is CS(=O)(=O)c1ccc(-c2oc(C(Cc3ccccc3)C(=O)O)nc2-c2ccc(F)cc2)cc1. The Bertz CT molecular complexity index is 1380. The van der Waals surface area contributed by atoms with Gasteiger partial charge in [-0.25, -0.2) is 17.8 Å². The van der Waals surface area contributed by atoms with E-state index in [1.165, 1.54) is 36.4 Å². The molecule has 0 amide bonds. The number of hydrogen-bond donors (Lipinski definition) is 1. The molecule has 0 radical (unpaired) electrons. The minimum Gasteiger partial charge on any atom is -0.481 e. The average molecular weight is 466 g/mol. The molecule has 0 aliphatic rings.